The van der Waals surface area contributed by atoms with Crippen LogP contribution in [0.15, 0.2) is 47.4 Å². The smallest absolute Gasteiger partial charge is 0.260 e. The van der Waals surface area contributed by atoms with E-state index in [0.717, 1.165) is 9.60 Å². The first-order chi connectivity index (χ1) is 12.5. The highest BCUT2D eigenvalue weighted by Gasteiger charge is 2.22. The molecule has 144 valence electrons. The van der Waals surface area contributed by atoms with Gasteiger partial charge in [-0.25, -0.2) is 9.37 Å². The molecule has 1 amide bonds. The molecule has 0 saturated carbocycles. The van der Waals surface area contributed by atoms with Crippen molar-refractivity contribution < 1.29 is 9.18 Å². The molecule has 0 bridgehead atoms. The molecule has 0 radical (unpaired) electrons. The van der Waals surface area contributed by atoms with Crippen LogP contribution in [0.3, 0.4) is 0 Å². The van der Waals surface area contributed by atoms with E-state index in [1.807, 2.05) is 49.5 Å². The first-order valence-corrected chi connectivity index (χ1v) is 10.2. The van der Waals surface area contributed by atoms with Gasteiger partial charge in [0.1, 0.15) is 11.3 Å². The third-order valence-electron chi connectivity index (χ3n) is 3.92. The van der Waals surface area contributed by atoms with E-state index in [0.29, 0.717) is 29.3 Å². The molecule has 1 heterocycles. The summed E-state index contributed by atoms with van der Waals surface area (Å²) in [4.78, 5) is 22.2. The zero-order valence-corrected chi connectivity index (χ0v) is 17.8. The summed E-state index contributed by atoms with van der Waals surface area (Å²) in [7, 11) is 3.91. The Bertz CT molecular complexity index is 932. The van der Waals surface area contributed by atoms with Gasteiger partial charge in [0.05, 0.1) is 4.70 Å². The van der Waals surface area contributed by atoms with Crippen molar-refractivity contribution in [1.82, 2.24) is 9.88 Å². The molecule has 0 fully saturated rings. The van der Waals surface area contributed by atoms with Gasteiger partial charge >= 0.3 is 0 Å². The number of anilines is 1. The second-order valence-electron chi connectivity index (χ2n) is 6.08. The number of aromatic nitrogens is 1. The zero-order chi connectivity index (χ0) is 18.7. The molecule has 1 aromatic heterocycles. The first kappa shape index (κ1) is 21.6. The van der Waals surface area contributed by atoms with Crippen LogP contribution in [0.4, 0.5) is 9.52 Å². The van der Waals surface area contributed by atoms with Crippen LogP contribution in [-0.2, 0) is 0 Å². The second-order valence-corrected chi connectivity index (χ2v) is 7.96. The highest BCUT2D eigenvalue weighted by Crippen LogP contribution is 2.31. The number of thiazole rings is 1. The molecule has 4 nitrogen and oxygen atoms in total. The van der Waals surface area contributed by atoms with Gasteiger partial charge < -0.3 is 4.90 Å². The molecule has 0 aliphatic heterocycles. The van der Waals surface area contributed by atoms with Gasteiger partial charge in [0.15, 0.2) is 5.13 Å². The summed E-state index contributed by atoms with van der Waals surface area (Å²) < 4.78 is 14.8. The van der Waals surface area contributed by atoms with E-state index in [4.69, 9.17) is 0 Å². The van der Waals surface area contributed by atoms with Crippen molar-refractivity contribution in [3.63, 3.8) is 0 Å². The van der Waals surface area contributed by atoms with Crippen LogP contribution < -0.4 is 4.90 Å². The van der Waals surface area contributed by atoms with Gasteiger partial charge in [-0.05, 0) is 50.7 Å². The molecule has 0 spiro atoms. The minimum absolute atomic E-state index is 0. The van der Waals surface area contributed by atoms with E-state index < -0.39 is 0 Å². The number of carbonyl (C=O) groups is 1. The largest absolute Gasteiger partial charge is 0.308 e. The summed E-state index contributed by atoms with van der Waals surface area (Å²) in [5, 5.41) is 0.520. The van der Waals surface area contributed by atoms with Gasteiger partial charge in [0.2, 0.25) is 0 Å². The van der Waals surface area contributed by atoms with Crippen LogP contribution >= 0.6 is 35.5 Å². The summed E-state index contributed by atoms with van der Waals surface area (Å²) in [6, 6.07) is 12.4. The average molecular weight is 426 g/mol. The molecule has 8 heteroatoms. The summed E-state index contributed by atoms with van der Waals surface area (Å²) in [5.74, 6) is -0.489. The Morgan fingerprint density at radius 2 is 1.93 bits per heavy atom. The topological polar surface area (TPSA) is 36.4 Å². The number of rotatable bonds is 6. The normalized spacial score (nSPS) is 10.9. The van der Waals surface area contributed by atoms with Crippen molar-refractivity contribution in [2.75, 3.05) is 38.3 Å². The summed E-state index contributed by atoms with van der Waals surface area (Å²) in [6.07, 6.45) is 1.98. The molecule has 0 atom stereocenters. The maximum absolute atomic E-state index is 14.0. The second kappa shape index (κ2) is 9.50. The number of amides is 1. The molecule has 0 aliphatic rings. The van der Waals surface area contributed by atoms with E-state index in [9.17, 15) is 9.18 Å². The van der Waals surface area contributed by atoms with Gasteiger partial charge in [0.25, 0.3) is 5.91 Å². The number of carbonyl (C=O) groups excluding carboxylic acids is 1. The number of hydrogen-bond acceptors (Lipinski definition) is 5. The number of halogens is 2. The lowest BCUT2D eigenvalue weighted by Crippen LogP contribution is -2.36. The van der Waals surface area contributed by atoms with Crippen LogP contribution in [0, 0.1) is 5.82 Å². The summed E-state index contributed by atoms with van der Waals surface area (Å²) in [6.45, 7) is 1.17. The highest BCUT2D eigenvalue weighted by molar-refractivity contribution is 7.98. The van der Waals surface area contributed by atoms with Crippen LogP contribution in [0.5, 0.6) is 0 Å². The molecule has 0 aliphatic carbocycles. The van der Waals surface area contributed by atoms with Crippen LogP contribution in [-0.4, -0.2) is 49.2 Å². The Morgan fingerprint density at radius 3 is 2.59 bits per heavy atom. The molecule has 3 aromatic rings. The third kappa shape index (κ3) is 4.99. The fourth-order valence-electron chi connectivity index (χ4n) is 2.51. The molecule has 0 unspecified atom stereocenters. The molecule has 2 aromatic carbocycles. The fraction of sp³-hybridized carbons (Fsp3) is 0.263. The molecular weight excluding hydrogens is 405 g/mol. The number of likely N-dealkylation sites (N-methyl/N-ethyl adjacent to an activating group) is 1. The molecule has 0 N–H and O–H groups in total. The number of thioether (sulfide) groups is 1. The SMILES string of the molecule is CSc1cccc(C(=O)N(CCN(C)C)c2nc3c(F)cccc3s2)c1.Cl. The van der Waals surface area contributed by atoms with Crippen molar-refractivity contribution in [3.8, 4) is 0 Å². The van der Waals surface area contributed by atoms with Crippen molar-refractivity contribution in [2.45, 2.75) is 4.90 Å². The molecule has 3 rings (SSSR count). The number of para-hydroxylation sites is 1. The Kier molecular flexibility index (Phi) is 7.61. The Morgan fingerprint density at radius 1 is 1.19 bits per heavy atom. The van der Waals surface area contributed by atoms with Crippen molar-refractivity contribution in [3.05, 3.63) is 53.8 Å². The maximum atomic E-state index is 14.0. The number of fused-ring (bicyclic) bond motifs is 1. The van der Waals surface area contributed by atoms with Crippen LogP contribution in [0.1, 0.15) is 10.4 Å². The van der Waals surface area contributed by atoms with Gasteiger partial charge in [-0.2, -0.15) is 0 Å². The molecular formula is C19H21ClFN3OS2. The van der Waals surface area contributed by atoms with Gasteiger partial charge in [0, 0.05) is 23.5 Å². The third-order valence-corrected chi connectivity index (χ3v) is 5.69. The zero-order valence-electron chi connectivity index (χ0n) is 15.3. The lowest BCUT2D eigenvalue weighted by molar-refractivity contribution is 0.0985. The standard InChI is InChI=1S/C19H20FN3OS2.ClH/c1-22(2)10-11-23(18(24)13-6-4-7-14(12-13)25-3)19-21-17-15(20)8-5-9-16(17)26-19;/h4-9,12H,10-11H2,1-3H3;1H. The van der Waals surface area contributed by atoms with E-state index in [1.165, 1.54) is 17.4 Å². The summed E-state index contributed by atoms with van der Waals surface area (Å²) in [5.41, 5.74) is 0.920. The van der Waals surface area contributed by atoms with Gasteiger partial charge in [-0.3, -0.25) is 9.69 Å². The predicted octanol–water partition coefficient (Wildman–Crippen LogP) is 4.79. The number of benzene rings is 2. The van der Waals surface area contributed by atoms with E-state index in [2.05, 4.69) is 4.98 Å². The number of nitrogens with zero attached hydrogens (tertiary/aromatic N) is 3. The minimum atomic E-state index is -0.366. The van der Waals surface area contributed by atoms with E-state index in [-0.39, 0.29) is 24.1 Å². The number of hydrogen-bond donors (Lipinski definition) is 0. The lowest BCUT2D eigenvalue weighted by Gasteiger charge is -2.22. The van der Waals surface area contributed by atoms with Gasteiger partial charge in [-0.1, -0.05) is 23.5 Å². The Balaban J connectivity index is 0.00000261. The van der Waals surface area contributed by atoms with Crippen molar-refractivity contribution >= 4 is 56.8 Å². The van der Waals surface area contributed by atoms with Crippen molar-refractivity contribution in [1.29, 1.82) is 0 Å². The molecule has 27 heavy (non-hydrogen) atoms. The van der Waals surface area contributed by atoms with Crippen LogP contribution in [0.2, 0.25) is 0 Å². The minimum Gasteiger partial charge on any atom is -0.308 e. The fourth-order valence-corrected chi connectivity index (χ4v) is 3.98. The Labute approximate surface area is 172 Å². The van der Waals surface area contributed by atoms with E-state index >= 15 is 0 Å². The monoisotopic (exact) mass is 425 g/mol. The van der Waals surface area contributed by atoms with Gasteiger partial charge in [-0.15, -0.1) is 24.2 Å². The van der Waals surface area contributed by atoms with Crippen molar-refractivity contribution in [2.24, 2.45) is 0 Å². The van der Waals surface area contributed by atoms with Crippen LogP contribution in [0.25, 0.3) is 10.2 Å². The predicted molar refractivity (Wildman–Crippen MR) is 115 cm³/mol. The lowest BCUT2D eigenvalue weighted by atomic mass is 10.2. The average Bonchev–Trinajstić information content (AvgIpc) is 3.07. The quantitative estimate of drug-likeness (QED) is 0.532. The Hall–Kier alpha value is -1.67. The van der Waals surface area contributed by atoms with E-state index in [1.54, 1.807) is 28.8 Å². The molecule has 0 saturated heterocycles. The summed E-state index contributed by atoms with van der Waals surface area (Å²) >= 11 is 2.92. The highest BCUT2D eigenvalue weighted by atomic mass is 35.5. The maximum Gasteiger partial charge on any atom is 0.260 e. The first-order valence-electron chi connectivity index (χ1n) is 8.15.